The van der Waals surface area contributed by atoms with Crippen molar-refractivity contribution in [3.05, 3.63) is 65.0 Å². The lowest BCUT2D eigenvalue weighted by molar-refractivity contribution is 0.240. The van der Waals surface area contributed by atoms with Gasteiger partial charge < -0.3 is 5.73 Å². The highest BCUT2D eigenvalue weighted by molar-refractivity contribution is 5.36. The number of pyridine rings is 1. The Morgan fingerprint density at radius 1 is 1.15 bits per heavy atom. The number of nitrogens with zero attached hydrogens (tertiary/aromatic N) is 2. The monoisotopic (exact) mass is 269 g/mol. The topological polar surface area (TPSA) is 42.1 Å². The zero-order valence-electron chi connectivity index (χ0n) is 12.5. The van der Waals surface area contributed by atoms with Crippen molar-refractivity contribution in [1.29, 1.82) is 0 Å². The standard InChI is InChI=1S/C17H23N3/c1-13-6-4-7-14(2)17(13)16(10-18)20(3)12-15-8-5-9-19-11-15/h4-9,11,16H,10,12,18H2,1-3H3. The highest BCUT2D eigenvalue weighted by atomic mass is 15.1. The Kier molecular flexibility index (Phi) is 4.88. The second kappa shape index (κ2) is 6.64. The first-order chi connectivity index (χ1) is 9.63. The van der Waals surface area contributed by atoms with Gasteiger partial charge in [0.15, 0.2) is 0 Å². The van der Waals surface area contributed by atoms with E-state index in [1.165, 1.54) is 22.3 Å². The number of hydrogen-bond acceptors (Lipinski definition) is 3. The summed E-state index contributed by atoms with van der Waals surface area (Å²) in [5.74, 6) is 0. The second-order valence-corrected chi connectivity index (χ2v) is 5.33. The average molecular weight is 269 g/mol. The van der Waals surface area contributed by atoms with Crippen LogP contribution in [0.4, 0.5) is 0 Å². The van der Waals surface area contributed by atoms with Crippen molar-refractivity contribution in [1.82, 2.24) is 9.88 Å². The molecule has 20 heavy (non-hydrogen) atoms. The maximum absolute atomic E-state index is 6.04. The van der Waals surface area contributed by atoms with Gasteiger partial charge in [-0.25, -0.2) is 0 Å². The molecule has 3 heteroatoms. The first-order valence-corrected chi connectivity index (χ1v) is 6.98. The number of nitrogens with two attached hydrogens (primary N) is 1. The predicted octanol–water partition coefficient (Wildman–Crippen LogP) is 2.83. The Bertz CT molecular complexity index is 531. The predicted molar refractivity (Wildman–Crippen MR) is 83.4 cm³/mol. The Balaban J connectivity index is 2.24. The summed E-state index contributed by atoms with van der Waals surface area (Å²) in [6.07, 6.45) is 3.71. The number of hydrogen-bond donors (Lipinski definition) is 1. The fourth-order valence-electron chi connectivity index (χ4n) is 2.76. The van der Waals surface area contributed by atoms with Crippen molar-refractivity contribution < 1.29 is 0 Å². The van der Waals surface area contributed by atoms with Gasteiger partial charge in [-0.3, -0.25) is 9.88 Å². The Labute approximate surface area is 121 Å². The minimum Gasteiger partial charge on any atom is -0.329 e. The van der Waals surface area contributed by atoms with Crippen molar-refractivity contribution in [2.45, 2.75) is 26.4 Å². The summed E-state index contributed by atoms with van der Waals surface area (Å²) in [5.41, 5.74) is 11.2. The highest BCUT2D eigenvalue weighted by Gasteiger charge is 2.19. The molecule has 0 spiro atoms. The van der Waals surface area contributed by atoms with Gasteiger partial charge in [-0.2, -0.15) is 0 Å². The fourth-order valence-corrected chi connectivity index (χ4v) is 2.76. The van der Waals surface area contributed by atoms with Crippen LogP contribution in [0.15, 0.2) is 42.7 Å². The summed E-state index contributed by atoms with van der Waals surface area (Å²) in [6.45, 7) is 5.78. The van der Waals surface area contributed by atoms with E-state index in [2.05, 4.69) is 55.0 Å². The maximum Gasteiger partial charge on any atom is 0.0476 e. The molecular weight excluding hydrogens is 246 g/mol. The molecule has 2 N–H and O–H groups in total. The third-order valence-electron chi connectivity index (χ3n) is 3.79. The zero-order chi connectivity index (χ0) is 14.5. The first kappa shape index (κ1) is 14.7. The van der Waals surface area contributed by atoms with Gasteiger partial charge in [0.2, 0.25) is 0 Å². The molecule has 106 valence electrons. The second-order valence-electron chi connectivity index (χ2n) is 5.33. The molecule has 1 unspecified atom stereocenters. The molecule has 0 saturated carbocycles. The molecular formula is C17H23N3. The average Bonchev–Trinajstić information content (AvgIpc) is 2.44. The molecule has 2 aromatic rings. The molecule has 0 amide bonds. The van der Waals surface area contributed by atoms with E-state index >= 15 is 0 Å². The number of likely N-dealkylation sites (N-methyl/N-ethyl adjacent to an activating group) is 1. The van der Waals surface area contributed by atoms with Crippen LogP contribution in [0.1, 0.15) is 28.3 Å². The van der Waals surface area contributed by atoms with Gasteiger partial charge in [-0.1, -0.05) is 24.3 Å². The minimum absolute atomic E-state index is 0.233. The Morgan fingerprint density at radius 3 is 2.40 bits per heavy atom. The van der Waals surface area contributed by atoms with E-state index in [0.29, 0.717) is 6.54 Å². The van der Waals surface area contributed by atoms with Crippen molar-refractivity contribution in [3.63, 3.8) is 0 Å². The van der Waals surface area contributed by atoms with Crippen molar-refractivity contribution in [3.8, 4) is 0 Å². The van der Waals surface area contributed by atoms with Crippen LogP contribution in [0.5, 0.6) is 0 Å². The zero-order valence-corrected chi connectivity index (χ0v) is 12.5. The molecule has 3 nitrogen and oxygen atoms in total. The Morgan fingerprint density at radius 2 is 1.85 bits per heavy atom. The number of aryl methyl sites for hydroxylation is 2. The summed E-state index contributed by atoms with van der Waals surface area (Å²) in [6, 6.07) is 10.7. The van der Waals surface area contributed by atoms with Gasteiger partial charge in [0, 0.05) is 31.5 Å². The lowest BCUT2D eigenvalue weighted by atomic mass is 9.95. The van der Waals surface area contributed by atoms with Gasteiger partial charge in [0.1, 0.15) is 0 Å². The lowest BCUT2D eigenvalue weighted by Crippen LogP contribution is -2.31. The van der Waals surface area contributed by atoms with E-state index in [-0.39, 0.29) is 6.04 Å². The summed E-state index contributed by atoms with van der Waals surface area (Å²) in [7, 11) is 2.12. The van der Waals surface area contributed by atoms with Crippen LogP contribution in [0.3, 0.4) is 0 Å². The SMILES string of the molecule is Cc1cccc(C)c1C(CN)N(C)Cc1cccnc1. The van der Waals surface area contributed by atoms with Crippen LogP contribution >= 0.6 is 0 Å². The van der Waals surface area contributed by atoms with Gasteiger partial charge in [-0.15, -0.1) is 0 Å². The molecule has 0 bridgehead atoms. The maximum atomic E-state index is 6.04. The fraction of sp³-hybridized carbons (Fsp3) is 0.353. The van der Waals surface area contributed by atoms with E-state index in [9.17, 15) is 0 Å². The molecule has 1 aromatic heterocycles. The van der Waals surface area contributed by atoms with Crippen LogP contribution in [0.25, 0.3) is 0 Å². The van der Waals surface area contributed by atoms with Crippen LogP contribution in [-0.4, -0.2) is 23.5 Å². The summed E-state index contributed by atoms with van der Waals surface area (Å²) >= 11 is 0. The lowest BCUT2D eigenvalue weighted by Gasteiger charge is -2.29. The third-order valence-corrected chi connectivity index (χ3v) is 3.79. The van der Waals surface area contributed by atoms with Gasteiger partial charge >= 0.3 is 0 Å². The van der Waals surface area contributed by atoms with Crippen LogP contribution in [-0.2, 0) is 6.54 Å². The molecule has 0 radical (unpaired) electrons. The Hall–Kier alpha value is -1.71. The molecule has 0 aliphatic carbocycles. The number of benzene rings is 1. The highest BCUT2D eigenvalue weighted by Crippen LogP contribution is 2.26. The largest absolute Gasteiger partial charge is 0.329 e. The van der Waals surface area contributed by atoms with E-state index in [1.807, 2.05) is 12.3 Å². The van der Waals surface area contributed by atoms with Gasteiger partial charge in [-0.05, 0) is 49.2 Å². The van der Waals surface area contributed by atoms with Gasteiger partial charge in [0.25, 0.3) is 0 Å². The molecule has 0 saturated heterocycles. The van der Waals surface area contributed by atoms with Crippen molar-refractivity contribution >= 4 is 0 Å². The molecule has 1 heterocycles. The molecule has 1 atom stereocenters. The van der Waals surface area contributed by atoms with Crippen LogP contribution in [0, 0.1) is 13.8 Å². The smallest absolute Gasteiger partial charge is 0.0476 e. The number of rotatable bonds is 5. The molecule has 0 fully saturated rings. The molecule has 0 aliphatic heterocycles. The number of aromatic nitrogens is 1. The van der Waals surface area contributed by atoms with E-state index < -0.39 is 0 Å². The van der Waals surface area contributed by atoms with E-state index in [4.69, 9.17) is 5.73 Å². The first-order valence-electron chi connectivity index (χ1n) is 6.98. The molecule has 2 rings (SSSR count). The molecule has 1 aromatic carbocycles. The minimum atomic E-state index is 0.233. The van der Waals surface area contributed by atoms with Gasteiger partial charge in [0.05, 0.1) is 0 Å². The van der Waals surface area contributed by atoms with Crippen molar-refractivity contribution in [2.24, 2.45) is 5.73 Å². The third kappa shape index (κ3) is 3.24. The summed E-state index contributed by atoms with van der Waals surface area (Å²) in [4.78, 5) is 6.47. The van der Waals surface area contributed by atoms with E-state index in [0.717, 1.165) is 6.54 Å². The van der Waals surface area contributed by atoms with Crippen LogP contribution < -0.4 is 5.73 Å². The summed E-state index contributed by atoms with van der Waals surface area (Å²) < 4.78 is 0. The summed E-state index contributed by atoms with van der Waals surface area (Å²) in [5, 5.41) is 0. The quantitative estimate of drug-likeness (QED) is 0.907. The molecule has 0 aliphatic rings. The normalized spacial score (nSPS) is 12.7. The van der Waals surface area contributed by atoms with Crippen molar-refractivity contribution in [2.75, 3.05) is 13.6 Å². The van der Waals surface area contributed by atoms with E-state index in [1.54, 1.807) is 6.20 Å². The van der Waals surface area contributed by atoms with Crippen LogP contribution in [0.2, 0.25) is 0 Å².